The van der Waals surface area contributed by atoms with Crippen LogP contribution in [0.4, 0.5) is 19.0 Å². The number of nitrogens with zero attached hydrogens (tertiary/aromatic N) is 4. The highest BCUT2D eigenvalue weighted by molar-refractivity contribution is 5.94. The van der Waals surface area contributed by atoms with Gasteiger partial charge in [-0.15, -0.1) is 0 Å². The molecule has 1 aromatic heterocycles. The number of anilines is 1. The molecule has 0 atom stereocenters. The van der Waals surface area contributed by atoms with Crippen molar-refractivity contribution in [1.82, 2.24) is 14.9 Å². The lowest BCUT2D eigenvalue weighted by molar-refractivity contribution is 0.0741. The lowest BCUT2D eigenvalue weighted by Crippen LogP contribution is -2.49. The average molecular weight is 398 g/mol. The second-order valence-electron chi connectivity index (χ2n) is 6.67. The fourth-order valence-electron chi connectivity index (χ4n) is 3.27. The molecule has 0 aliphatic carbocycles. The van der Waals surface area contributed by atoms with Gasteiger partial charge >= 0.3 is 0 Å². The molecule has 3 aromatic rings. The molecule has 1 fully saturated rings. The maximum Gasteiger partial charge on any atom is 0.256 e. The zero-order chi connectivity index (χ0) is 20.4. The van der Waals surface area contributed by atoms with Crippen molar-refractivity contribution in [1.29, 1.82) is 0 Å². The van der Waals surface area contributed by atoms with Gasteiger partial charge in [-0.1, -0.05) is 0 Å². The molecule has 2 heterocycles. The number of hydrogen-bond acceptors (Lipinski definition) is 4. The molecule has 29 heavy (non-hydrogen) atoms. The van der Waals surface area contributed by atoms with Crippen molar-refractivity contribution in [2.75, 3.05) is 31.1 Å². The number of benzene rings is 2. The Balaban J connectivity index is 1.45. The van der Waals surface area contributed by atoms with Crippen LogP contribution in [0.1, 0.15) is 10.4 Å². The standard InChI is InChI=1S/C21H17F3N4O/c22-15-3-1-14(2-4-15)19-12-20(26-13-25-19)27-7-9-28(10-8-27)21(29)17-6-5-16(23)11-18(17)24/h1-6,11-13H,7-10H2. The molecule has 0 bridgehead atoms. The molecule has 1 saturated heterocycles. The highest BCUT2D eigenvalue weighted by Gasteiger charge is 2.25. The van der Waals surface area contributed by atoms with Gasteiger partial charge in [0.15, 0.2) is 0 Å². The van der Waals surface area contributed by atoms with E-state index in [2.05, 4.69) is 9.97 Å². The molecule has 1 aliphatic heterocycles. The van der Waals surface area contributed by atoms with Crippen molar-refractivity contribution in [3.8, 4) is 11.3 Å². The normalized spacial score (nSPS) is 14.2. The van der Waals surface area contributed by atoms with Crippen LogP contribution in [0, 0.1) is 17.5 Å². The largest absolute Gasteiger partial charge is 0.353 e. The summed E-state index contributed by atoms with van der Waals surface area (Å²) >= 11 is 0. The fraction of sp³-hybridized carbons (Fsp3) is 0.190. The summed E-state index contributed by atoms with van der Waals surface area (Å²) in [6.45, 7) is 1.78. The lowest BCUT2D eigenvalue weighted by Gasteiger charge is -2.35. The van der Waals surface area contributed by atoms with Crippen molar-refractivity contribution in [3.63, 3.8) is 0 Å². The zero-order valence-electron chi connectivity index (χ0n) is 15.4. The first-order chi connectivity index (χ1) is 14.0. The van der Waals surface area contributed by atoms with Gasteiger partial charge in [-0.25, -0.2) is 23.1 Å². The summed E-state index contributed by atoms with van der Waals surface area (Å²) in [6.07, 6.45) is 1.44. The van der Waals surface area contributed by atoms with E-state index in [-0.39, 0.29) is 11.4 Å². The average Bonchev–Trinajstić information content (AvgIpc) is 2.74. The van der Waals surface area contributed by atoms with E-state index >= 15 is 0 Å². The summed E-state index contributed by atoms with van der Waals surface area (Å²) in [7, 11) is 0. The van der Waals surface area contributed by atoms with Gasteiger partial charge in [-0.3, -0.25) is 4.79 Å². The Morgan fingerprint density at radius 1 is 0.828 bits per heavy atom. The number of rotatable bonds is 3. The summed E-state index contributed by atoms with van der Waals surface area (Å²) in [6, 6.07) is 10.8. The van der Waals surface area contributed by atoms with Crippen LogP contribution >= 0.6 is 0 Å². The molecule has 2 aromatic carbocycles. The summed E-state index contributed by atoms with van der Waals surface area (Å²) in [5.41, 5.74) is 1.30. The zero-order valence-corrected chi connectivity index (χ0v) is 15.4. The molecule has 1 aliphatic rings. The van der Waals surface area contributed by atoms with Gasteiger partial charge in [0.25, 0.3) is 5.91 Å². The first kappa shape index (κ1) is 18.9. The topological polar surface area (TPSA) is 49.3 Å². The van der Waals surface area contributed by atoms with Gasteiger partial charge in [0, 0.05) is 43.9 Å². The van der Waals surface area contributed by atoms with E-state index in [1.165, 1.54) is 29.4 Å². The van der Waals surface area contributed by atoms with E-state index in [0.717, 1.165) is 11.6 Å². The summed E-state index contributed by atoms with van der Waals surface area (Å²) in [5, 5.41) is 0. The maximum absolute atomic E-state index is 13.9. The van der Waals surface area contributed by atoms with Crippen LogP contribution < -0.4 is 4.90 Å². The molecule has 1 amide bonds. The minimum absolute atomic E-state index is 0.138. The van der Waals surface area contributed by atoms with E-state index in [9.17, 15) is 18.0 Å². The summed E-state index contributed by atoms with van der Waals surface area (Å²) < 4.78 is 40.1. The lowest BCUT2D eigenvalue weighted by atomic mass is 10.1. The predicted octanol–water partition coefficient (Wildman–Crippen LogP) is 3.52. The van der Waals surface area contributed by atoms with Crippen LogP contribution in [0.5, 0.6) is 0 Å². The van der Waals surface area contributed by atoms with Gasteiger partial charge in [0.1, 0.15) is 29.6 Å². The second-order valence-corrected chi connectivity index (χ2v) is 6.67. The van der Waals surface area contributed by atoms with E-state index in [1.54, 1.807) is 12.1 Å². The van der Waals surface area contributed by atoms with Crippen LogP contribution in [0.25, 0.3) is 11.3 Å². The van der Waals surface area contributed by atoms with Crippen LogP contribution in [0.15, 0.2) is 54.9 Å². The molecule has 148 valence electrons. The first-order valence-electron chi connectivity index (χ1n) is 9.08. The van der Waals surface area contributed by atoms with Crippen molar-refractivity contribution in [3.05, 3.63) is 77.9 Å². The van der Waals surface area contributed by atoms with E-state index in [1.807, 2.05) is 11.0 Å². The molecule has 0 unspecified atom stereocenters. The van der Waals surface area contributed by atoms with Crippen LogP contribution in [0.2, 0.25) is 0 Å². The Morgan fingerprint density at radius 2 is 1.52 bits per heavy atom. The first-order valence-corrected chi connectivity index (χ1v) is 9.08. The number of amides is 1. The third-order valence-electron chi connectivity index (χ3n) is 4.85. The summed E-state index contributed by atoms with van der Waals surface area (Å²) in [4.78, 5) is 24.6. The smallest absolute Gasteiger partial charge is 0.256 e. The third kappa shape index (κ3) is 4.06. The minimum Gasteiger partial charge on any atom is -0.353 e. The van der Waals surface area contributed by atoms with Crippen LogP contribution in [-0.2, 0) is 0 Å². The quantitative estimate of drug-likeness (QED) is 0.678. The highest BCUT2D eigenvalue weighted by atomic mass is 19.1. The van der Waals surface area contributed by atoms with Gasteiger partial charge in [0.05, 0.1) is 11.3 Å². The van der Waals surface area contributed by atoms with Crippen molar-refractivity contribution in [2.24, 2.45) is 0 Å². The van der Waals surface area contributed by atoms with Crippen molar-refractivity contribution >= 4 is 11.7 Å². The number of hydrogen-bond donors (Lipinski definition) is 0. The van der Waals surface area contributed by atoms with Gasteiger partial charge in [-0.05, 0) is 36.4 Å². The molecule has 4 rings (SSSR count). The minimum atomic E-state index is -0.864. The number of halogens is 3. The maximum atomic E-state index is 13.9. The third-order valence-corrected chi connectivity index (χ3v) is 4.85. The molecular formula is C21H17F3N4O. The Kier molecular flexibility index (Phi) is 5.16. The Bertz CT molecular complexity index is 1030. The Morgan fingerprint density at radius 3 is 2.21 bits per heavy atom. The number of piperazine rings is 1. The highest BCUT2D eigenvalue weighted by Crippen LogP contribution is 2.22. The fourth-order valence-corrected chi connectivity index (χ4v) is 3.27. The van der Waals surface area contributed by atoms with Gasteiger partial charge < -0.3 is 9.80 Å². The second kappa shape index (κ2) is 7.90. The Hall–Kier alpha value is -3.42. The van der Waals surface area contributed by atoms with E-state index in [0.29, 0.717) is 43.8 Å². The number of aromatic nitrogens is 2. The van der Waals surface area contributed by atoms with Gasteiger partial charge in [-0.2, -0.15) is 0 Å². The molecular weight excluding hydrogens is 381 g/mol. The monoisotopic (exact) mass is 398 g/mol. The van der Waals surface area contributed by atoms with Crippen molar-refractivity contribution < 1.29 is 18.0 Å². The molecule has 0 radical (unpaired) electrons. The van der Waals surface area contributed by atoms with E-state index < -0.39 is 17.5 Å². The summed E-state index contributed by atoms with van der Waals surface area (Å²) in [5.74, 6) is -1.67. The predicted molar refractivity (Wildman–Crippen MR) is 102 cm³/mol. The molecule has 8 heteroatoms. The van der Waals surface area contributed by atoms with Crippen molar-refractivity contribution in [2.45, 2.75) is 0 Å². The number of carbonyl (C=O) groups is 1. The molecule has 0 spiro atoms. The molecule has 0 N–H and O–H groups in total. The molecule has 5 nitrogen and oxygen atoms in total. The van der Waals surface area contributed by atoms with Crippen LogP contribution in [0.3, 0.4) is 0 Å². The molecule has 0 saturated carbocycles. The van der Waals surface area contributed by atoms with Crippen LogP contribution in [-0.4, -0.2) is 47.0 Å². The van der Waals surface area contributed by atoms with E-state index in [4.69, 9.17) is 0 Å². The van der Waals surface area contributed by atoms with Gasteiger partial charge in [0.2, 0.25) is 0 Å². The Labute approximate surface area is 165 Å². The number of carbonyl (C=O) groups excluding carboxylic acids is 1. The SMILES string of the molecule is O=C(c1ccc(F)cc1F)N1CCN(c2cc(-c3ccc(F)cc3)ncn2)CC1.